The molecule has 0 aromatic rings. The molecular weight excluding hydrogens is 160 g/mol. The van der Waals surface area contributed by atoms with E-state index in [4.69, 9.17) is 0 Å². The Hall–Kier alpha value is -0.0400. The number of fused-ring (bicyclic) bond motifs is 1. The van der Waals surface area contributed by atoms with Crippen LogP contribution >= 0.6 is 0 Å². The first-order valence-corrected chi connectivity index (χ1v) is 5.81. The number of hydrogen-bond donors (Lipinski definition) is 1. The van der Waals surface area contributed by atoms with E-state index in [-0.39, 0.29) is 11.0 Å². The second kappa shape index (κ2) is 2.98. The summed E-state index contributed by atoms with van der Waals surface area (Å²) in [6.07, 6.45) is 8.64. The van der Waals surface area contributed by atoms with Gasteiger partial charge in [0.1, 0.15) is 0 Å². The fourth-order valence-corrected chi connectivity index (χ4v) is 3.65. The van der Waals surface area contributed by atoms with Crippen molar-refractivity contribution in [3.63, 3.8) is 0 Å². The molecule has 76 valence electrons. The Morgan fingerprint density at radius 3 is 2.38 bits per heavy atom. The molecular formula is C12H22O. The van der Waals surface area contributed by atoms with Crippen molar-refractivity contribution in [1.29, 1.82) is 0 Å². The molecule has 2 saturated carbocycles. The van der Waals surface area contributed by atoms with Gasteiger partial charge in [0.25, 0.3) is 0 Å². The van der Waals surface area contributed by atoms with Gasteiger partial charge in [-0.1, -0.05) is 33.1 Å². The van der Waals surface area contributed by atoms with Crippen LogP contribution in [-0.4, -0.2) is 10.7 Å². The highest BCUT2D eigenvalue weighted by Gasteiger charge is 2.52. The van der Waals surface area contributed by atoms with Crippen LogP contribution in [0.1, 0.15) is 58.8 Å². The molecule has 1 heteroatoms. The van der Waals surface area contributed by atoms with Gasteiger partial charge in [-0.2, -0.15) is 0 Å². The third-order valence-corrected chi connectivity index (χ3v) is 4.76. The van der Waals surface area contributed by atoms with Crippen molar-refractivity contribution in [2.24, 2.45) is 11.3 Å². The van der Waals surface area contributed by atoms with Crippen LogP contribution in [0.15, 0.2) is 0 Å². The summed E-state index contributed by atoms with van der Waals surface area (Å²) in [5.74, 6) is 0.520. The Morgan fingerprint density at radius 1 is 1.08 bits per heavy atom. The maximum atomic E-state index is 10.7. The van der Waals surface area contributed by atoms with Crippen molar-refractivity contribution in [2.75, 3.05) is 0 Å². The van der Waals surface area contributed by atoms with Crippen LogP contribution < -0.4 is 0 Å². The van der Waals surface area contributed by atoms with Gasteiger partial charge < -0.3 is 5.11 Å². The van der Waals surface area contributed by atoms with E-state index in [1.54, 1.807) is 0 Å². The van der Waals surface area contributed by atoms with Crippen molar-refractivity contribution in [1.82, 2.24) is 0 Å². The van der Waals surface area contributed by atoms with E-state index < -0.39 is 0 Å². The summed E-state index contributed by atoms with van der Waals surface area (Å²) in [5, 5.41) is 10.7. The molecule has 2 fully saturated rings. The highest BCUT2D eigenvalue weighted by Crippen LogP contribution is 2.55. The van der Waals surface area contributed by atoms with Crippen molar-refractivity contribution >= 4 is 0 Å². The maximum absolute atomic E-state index is 10.7. The molecule has 0 saturated heterocycles. The minimum Gasteiger partial charge on any atom is -0.389 e. The minimum atomic E-state index is -0.330. The summed E-state index contributed by atoms with van der Waals surface area (Å²) in [6.45, 7) is 4.55. The molecule has 0 aromatic heterocycles. The van der Waals surface area contributed by atoms with E-state index in [1.807, 2.05) is 0 Å². The first-order chi connectivity index (χ1) is 6.08. The molecule has 0 bridgehead atoms. The van der Waals surface area contributed by atoms with Gasteiger partial charge in [0.05, 0.1) is 5.60 Å². The quantitative estimate of drug-likeness (QED) is 0.610. The third kappa shape index (κ3) is 1.24. The van der Waals surface area contributed by atoms with Gasteiger partial charge in [0.2, 0.25) is 0 Å². The largest absolute Gasteiger partial charge is 0.389 e. The van der Waals surface area contributed by atoms with Gasteiger partial charge >= 0.3 is 0 Å². The monoisotopic (exact) mass is 182 g/mol. The smallest absolute Gasteiger partial charge is 0.0726 e. The highest BCUT2D eigenvalue weighted by molar-refractivity contribution is 5.04. The van der Waals surface area contributed by atoms with E-state index in [1.165, 1.54) is 38.5 Å². The average Bonchev–Trinajstić information content (AvgIpc) is 2.09. The molecule has 1 N–H and O–H groups in total. The topological polar surface area (TPSA) is 20.2 Å². The Balaban J connectivity index is 2.27. The summed E-state index contributed by atoms with van der Waals surface area (Å²) in [6, 6.07) is 0. The van der Waals surface area contributed by atoms with Crippen molar-refractivity contribution < 1.29 is 5.11 Å². The lowest BCUT2D eigenvalue weighted by atomic mass is 9.54. The van der Waals surface area contributed by atoms with Crippen LogP contribution in [0, 0.1) is 11.3 Å². The van der Waals surface area contributed by atoms with Crippen LogP contribution in [-0.2, 0) is 0 Å². The number of rotatable bonds is 0. The zero-order valence-corrected chi connectivity index (χ0v) is 8.97. The summed E-state index contributed by atoms with van der Waals surface area (Å²) in [7, 11) is 0. The predicted molar refractivity (Wildman–Crippen MR) is 54.5 cm³/mol. The zero-order valence-electron chi connectivity index (χ0n) is 8.97. The van der Waals surface area contributed by atoms with E-state index in [2.05, 4.69) is 13.8 Å². The van der Waals surface area contributed by atoms with Gasteiger partial charge in [-0.05, 0) is 37.0 Å². The Labute approximate surface area is 81.5 Å². The first-order valence-electron chi connectivity index (χ1n) is 5.81. The molecule has 2 aliphatic carbocycles. The maximum Gasteiger partial charge on any atom is 0.0726 e. The summed E-state index contributed by atoms with van der Waals surface area (Å²) in [4.78, 5) is 0. The number of hydrogen-bond acceptors (Lipinski definition) is 1. The van der Waals surface area contributed by atoms with Gasteiger partial charge in [-0.25, -0.2) is 0 Å². The van der Waals surface area contributed by atoms with Crippen LogP contribution in [0.5, 0.6) is 0 Å². The van der Waals surface area contributed by atoms with Crippen molar-refractivity contribution in [3.8, 4) is 0 Å². The van der Waals surface area contributed by atoms with E-state index >= 15 is 0 Å². The standard InChI is InChI=1S/C12H22O/c1-10-6-5-8-11(2)7-3-4-9-12(10,11)13/h10,13H,3-9H2,1-2H3/t10-,11+,12+/m1/s1. The molecule has 0 heterocycles. The van der Waals surface area contributed by atoms with Gasteiger partial charge in [0.15, 0.2) is 0 Å². The molecule has 0 radical (unpaired) electrons. The van der Waals surface area contributed by atoms with Crippen LogP contribution in [0.25, 0.3) is 0 Å². The molecule has 0 unspecified atom stereocenters. The van der Waals surface area contributed by atoms with Crippen LogP contribution in [0.2, 0.25) is 0 Å². The summed E-state index contributed by atoms with van der Waals surface area (Å²) in [5.41, 5.74) is -0.0909. The third-order valence-electron chi connectivity index (χ3n) is 4.76. The second-order valence-electron chi connectivity index (χ2n) is 5.49. The fourth-order valence-electron chi connectivity index (χ4n) is 3.65. The van der Waals surface area contributed by atoms with Crippen molar-refractivity contribution in [3.05, 3.63) is 0 Å². The van der Waals surface area contributed by atoms with E-state index in [9.17, 15) is 5.11 Å². The van der Waals surface area contributed by atoms with Gasteiger partial charge in [0, 0.05) is 0 Å². The second-order valence-corrected chi connectivity index (χ2v) is 5.49. The molecule has 0 aromatic carbocycles. The van der Waals surface area contributed by atoms with Crippen LogP contribution in [0.4, 0.5) is 0 Å². The number of aliphatic hydroxyl groups is 1. The molecule has 2 rings (SSSR count). The molecule has 13 heavy (non-hydrogen) atoms. The van der Waals surface area contributed by atoms with E-state index in [0.29, 0.717) is 5.92 Å². The first kappa shape index (κ1) is 9.51. The normalized spacial score (nSPS) is 51.5. The fraction of sp³-hybridized carbons (Fsp3) is 1.00. The molecule has 0 amide bonds. The van der Waals surface area contributed by atoms with Crippen LogP contribution in [0.3, 0.4) is 0 Å². The molecule has 3 atom stereocenters. The Kier molecular flexibility index (Phi) is 2.18. The summed E-state index contributed by atoms with van der Waals surface area (Å²) < 4.78 is 0. The summed E-state index contributed by atoms with van der Waals surface area (Å²) >= 11 is 0. The minimum absolute atomic E-state index is 0.239. The van der Waals surface area contributed by atoms with Crippen molar-refractivity contribution in [2.45, 2.75) is 64.4 Å². The lowest BCUT2D eigenvalue weighted by Gasteiger charge is -2.55. The van der Waals surface area contributed by atoms with Gasteiger partial charge in [-0.3, -0.25) is 0 Å². The zero-order chi connectivity index (χ0) is 9.53. The molecule has 2 aliphatic rings. The molecule has 1 nitrogen and oxygen atoms in total. The Morgan fingerprint density at radius 2 is 1.69 bits per heavy atom. The highest BCUT2D eigenvalue weighted by atomic mass is 16.3. The Bertz CT molecular complexity index is 197. The van der Waals surface area contributed by atoms with E-state index in [0.717, 1.165) is 6.42 Å². The molecule has 0 aliphatic heterocycles. The predicted octanol–water partition coefficient (Wildman–Crippen LogP) is 3.12. The molecule has 0 spiro atoms. The lowest BCUT2D eigenvalue weighted by molar-refractivity contribution is -0.164. The van der Waals surface area contributed by atoms with Gasteiger partial charge in [-0.15, -0.1) is 0 Å². The lowest BCUT2D eigenvalue weighted by Crippen LogP contribution is -2.55. The average molecular weight is 182 g/mol. The SMILES string of the molecule is C[C@@H]1CCC[C@]2(C)CCCC[C@]12O.